The molecule has 0 aliphatic rings. The first kappa shape index (κ1) is 16.3. The summed E-state index contributed by atoms with van der Waals surface area (Å²) in [4.78, 5) is 13.1. The Hall–Kier alpha value is -1.75. The van der Waals surface area contributed by atoms with E-state index in [1.54, 1.807) is 21.2 Å². The van der Waals surface area contributed by atoms with Crippen LogP contribution in [0.3, 0.4) is 0 Å². The fraction of sp³-hybridized carbons (Fsp3) is 0.533. The van der Waals surface area contributed by atoms with E-state index in [0.717, 1.165) is 18.5 Å². The van der Waals surface area contributed by atoms with Gasteiger partial charge in [-0.25, -0.2) is 0 Å². The third-order valence-corrected chi connectivity index (χ3v) is 2.86. The molecule has 1 aromatic rings. The zero-order valence-electron chi connectivity index (χ0n) is 12.7. The summed E-state index contributed by atoms with van der Waals surface area (Å²) in [6.45, 7) is 3.75. The predicted octanol–water partition coefficient (Wildman–Crippen LogP) is 1.66. The summed E-state index contributed by atoms with van der Waals surface area (Å²) in [5, 5.41) is 3.32. The maximum Gasteiger partial charge on any atom is 0.259 e. The van der Waals surface area contributed by atoms with E-state index in [1.807, 2.05) is 18.2 Å². The van der Waals surface area contributed by atoms with E-state index in [9.17, 15) is 4.79 Å². The van der Waals surface area contributed by atoms with Gasteiger partial charge < -0.3 is 19.7 Å². The fourth-order valence-corrected chi connectivity index (χ4v) is 1.69. The number of ether oxygens (including phenoxy) is 2. The molecule has 0 aliphatic carbocycles. The number of carbonyl (C=O) groups excluding carboxylic acids is 1. The lowest BCUT2D eigenvalue weighted by atomic mass is 10.2. The number of methoxy groups -OCH3 is 1. The van der Waals surface area contributed by atoms with Crippen LogP contribution in [-0.4, -0.2) is 45.2 Å². The highest BCUT2D eigenvalue weighted by molar-refractivity contribution is 5.77. The van der Waals surface area contributed by atoms with Crippen LogP contribution in [-0.2, 0) is 11.3 Å². The first-order valence-corrected chi connectivity index (χ1v) is 6.79. The van der Waals surface area contributed by atoms with Crippen LogP contribution < -0.4 is 14.8 Å². The molecule has 0 aromatic heterocycles. The van der Waals surface area contributed by atoms with Crippen molar-refractivity contribution < 1.29 is 14.3 Å². The fourth-order valence-electron chi connectivity index (χ4n) is 1.69. The standard InChI is InChI=1S/C15H24N2O3/c1-5-9-16-10-12-7-6-8-13(19-4)15(12)20-11-14(18)17(2)3/h6-8,16H,5,9-11H2,1-4H3. The monoisotopic (exact) mass is 280 g/mol. The van der Waals surface area contributed by atoms with E-state index in [1.165, 1.54) is 4.90 Å². The van der Waals surface area contributed by atoms with Crippen molar-refractivity contribution in [2.24, 2.45) is 0 Å². The molecule has 0 heterocycles. The third kappa shape index (κ3) is 4.74. The molecule has 0 aliphatic heterocycles. The average Bonchev–Trinajstić information content (AvgIpc) is 2.45. The minimum Gasteiger partial charge on any atom is -0.493 e. The Kier molecular flexibility index (Phi) is 6.87. The van der Waals surface area contributed by atoms with Crippen molar-refractivity contribution in [3.05, 3.63) is 23.8 Å². The zero-order valence-corrected chi connectivity index (χ0v) is 12.7. The minimum absolute atomic E-state index is 0.00809. The van der Waals surface area contributed by atoms with E-state index in [4.69, 9.17) is 9.47 Å². The molecule has 20 heavy (non-hydrogen) atoms. The van der Waals surface area contributed by atoms with Crippen LogP contribution >= 0.6 is 0 Å². The van der Waals surface area contributed by atoms with Gasteiger partial charge in [0, 0.05) is 26.2 Å². The Bertz CT molecular complexity index is 433. The lowest BCUT2D eigenvalue weighted by Gasteiger charge is -2.16. The smallest absolute Gasteiger partial charge is 0.259 e. The summed E-state index contributed by atoms with van der Waals surface area (Å²) < 4.78 is 11.0. The largest absolute Gasteiger partial charge is 0.493 e. The number of hydrogen-bond acceptors (Lipinski definition) is 4. The van der Waals surface area contributed by atoms with Crippen molar-refractivity contribution in [2.75, 3.05) is 34.4 Å². The van der Waals surface area contributed by atoms with E-state index < -0.39 is 0 Å². The molecule has 0 radical (unpaired) electrons. The van der Waals surface area contributed by atoms with Crippen LogP contribution in [0.15, 0.2) is 18.2 Å². The molecule has 0 bridgehead atoms. The van der Waals surface area contributed by atoms with Gasteiger partial charge in [-0.1, -0.05) is 19.1 Å². The van der Waals surface area contributed by atoms with Crippen LogP contribution in [0.1, 0.15) is 18.9 Å². The lowest BCUT2D eigenvalue weighted by Crippen LogP contribution is -2.28. The molecule has 0 atom stereocenters. The van der Waals surface area contributed by atoms with Crippen molar-refractivity contribution in [1.82, 2.24) is 10.2 Å². The van der Waals surface area contributed by atoms with Crippen LogP contribution in [0.4, 0.5) is 0 Å². The van der Waals surface area contributed by atoms with Gasteiger partial charge in [-0.3, -0.25) is 4.79 Å². The molecule has 0 saturated heterocycles. The van der Waals surface area contributed by atoms with Crippen molar-refractivity contribution in [3.63, 3.8) is 0 Å². The second-order valence-electron chi connectivity index (χ2n) is 4.70. The molecule has 1 N–H and O–H groups in total. The van der Waals surface area contributed by atoms with Crippen molar-refractivity contribution in [2.45, 2.75) is 19.9 Å². The summed E-state index contributed by atoms with van der Waals surface area (Å²) in [5.41, 5.74) is 0.990. The van der Waals surface area contributed by atoms with Crippen LogP contribution in [0.5, 0.6) is 11.5 Å². The van der Waals surface area contributed by atoms with E-state index in [2.05, 4.69) is 12.2 Å². The van der Waals surface area contributed by atoms with Gasteiger partial charge in [-0.2, -0.15) is 0 Å². The van der Waals surface area contributed by atoms with Gasteiger partial charge >= 0.3 is 0 Å². The Labute approximate surface area is 120 Å². The normalized spacial score (nSPS) is 10.2. The quantitative estimate of drug-likeness (QED) is 0.736. The number of amides is 1. The molecule has 1 rings (SSSR count). The maximum absolute atomic E-state index is 11.6. The van der Waals surface area contributed by atoms with E-state index >= 15 is 0 Å². The molecule has 0 saturated carbocycles. The second kappa shape index (κ2) is 8.43. The highest BCUT2D eigenvalue weighted by atomic mass is 16.5. The highest BCUT2D eigenvalue weighted by Crippen LogP contribution is 2.31. The van der Waals surface area contributed by atoms with Crippen molar-refractivity contribution in [3.8, 4) is 11.5 Å². The Balaban J connectivity index is 2.81. The molecule has 5 heteroatoms. The number of likely N-dealkylation sites (N-methyl/N-ethyl adjacent to an activating group) is 1. The lowest BCUT2D eigenvalue weighted by molar-refractivity contribution is -0.130. The van der Waals surface area contributed by atoms with E-state index in [-0.39, 0.29) is 12.5 Å². The van der Waals surface area contributed by atoms with Gasteiger partial charge in [0.1, 0.15) is 0 Å². The Morgan fingerprint density at radius 1 is 1.35 bits per heavy atom. The molecule has 1 aromatic carbocycles. The predicted molar refractivity (Wildman–Crippen MR) is 79.2 cm³/mol. The molecule has 0 unspecified atom stereocenters. The Morgan fingerprint density at radius 3 is 2.70 bits per heavy atom. The van der Waals surface area contributed by atoms with Crippen LogP contribution in [0.25, 0.3) is 0 Å². The van der Waals surface area contributed by atoms with Gasteiger partial charge in [0.25, 0.3) is 5.91 Å². The summed E-state index contributed by atoms with van der Waals surface area (Å²) in [6, 6.07) is 5.72. The van der Waals surface area contributed by atoms with E-state index in [0.29, 0.717) is 18.0 Å². The molecule has 0 spiro atoms. The summed E-state index contributed by atoms with van der Waals surface area (Å²) in [5.74, 6) is 1.20. The number of benzene rings is 1. The first-order chi connectivity index (χ1) is 9.60. The molecule has 112 valence electrons. The molecular weight excluding hydrogens is 256 g/mol. The number of para-hydroxylation sites is 1. The second-order valence-corrected chi connectivity index (χ2v) is 4.70. The number of carbonyl (C=O) groups is 1. The van der Waals surface area contributed by atoms with Crippen LogP contribution in [0.2, 0.25) is 0 Å². The summed E-state index contributed by atoms with van der Waals surface area (Å²) >= 11 is 0. The van der Waals surface area contributed by atoms with Gasteiger partial charge in [0.15, 0.2) is 18.1 Å². The molecule has 5 nitrogen and oxygen atoms in total. The number of rotatable bonds is 8. The van der Waals surface area contributed by atoms with Crippen LogP contribution in [0, 0.1) is 0 Å². The average molecular weight is 280 g/mol. The number of nitrogens with zero attached hydrogens (tertiary/aromatic N) is 1. The van der Waals surface area contributed by atoms with Gasteiger partial charge in [0.2, 0.25) is 0 Å². The van der Waals surface area contributed by atoms with Crippen molar-refractivity contribution in [1.29, 1.82) is 0 Å². The molecular formula is C15H24N2O3. The Morgan fingerprint density at radius 2 is 2.10 bits per heavy atom. The SMILES string of the molecule is CCCNCc1cccc(OC)c1OCC(=O)N(C)C. The van der Waals surface area contributed by atoms with Gasteiger partial charge in [0.05, 0.1) is 7.11 Å². The molecule has 0 fully saturated rings. The van der Waals surface area contributed by atoms with Gasteiger partial charge in [-0.05, 0) is 19.0 Å². The summed E-state index contributed by atoms with van der Waals surface area (Å²) in [6.07, 6.45) is 1.07. The topological polar surface area (TPSA) is 50.8 Å². The van der Waals surface area contributed by atoms with Gasteiger partial charge in [-0.15, -0.1) is 0 Å². The summed E-state index contributed by atoms with van der Waals surface area (Å²) in [7, 11) is 5.01. The number of hydrogen-bond donors (Lipinski definition) is 1. The highest BCUT2D eigenvalue weighted by Gasteiger charge is 2.13. The third-order valence-electron chi connectivity index (χ3n) is 2.86. The zero-order chi connectivity index (χ0) is 15.0. The van der Waals surface area contributed by atoms with Crippen molar-refractivity contribution >= 4 is 5.91 Å². The number of nitrogens with one attached hydrogen (secondary N) is 1. The first-order valence-electron chi connectivity index (χ1n) is 6.79. The molecule has 1 amide bonds. The minimum atomic E-state index is -0.0802. The maximum atomic E-state index is 11.6.